The van der Waals surface area contributed by atoms with E-state index in [1.807, 2.05) is 24.8 Å². The van der Waals surface area contributed by atoms with Gasteiger partial charge >= 0.3 is 0 Å². The smallest absolute Gasteiger partial charge is 0.182 e. The Bertz CT molecular complexity index is 481. The molecule has 0 aromatic carbocycles. The molecule has 0 amide bonds. The summed E-state index contributed by atoms with van der Waals surface area (Å²) in [7, 11) is 0. The molecule has 1 aliphatic rings. The molecule has 0 radical (unpaired) electrons. The third-order valence-electron chi connectivity index (χ3n) is 4.17. The number of hydrogen-bond donors (Lipinski definition) is 0. The highest BCUT2D eigenvalue weighted by Gasteiger charge is 2.29. The Balaban J connectivity index is 2.30. The zero-order chi connectivity index (χ0) is 14.2. The maximum atomic E-state index is 12.1. The van der Waals surface area contributed by atoms with Crippen molar-refractivity contribution in [2.75, 3.05) is 6.26 Å². The van der Waals surface area contributed by atoms with Crippen molar-refractivity contribution in [2.45, 2.75) is 56.7 Å². The van der Waals surface area contributed by atoms with Crippen molar-refractivity contribution in [1.82, 2.24) is 4.57 Å². The maximum Gasteiger partial charge on any atom is 0.182 e. The summed E-state index contributed by atoms with van der Waals surface area (Å²) in [5, 5.41) is 0.314. The maximum absolute atomic E-state index is 12.1. The van der Waals surface area contributed by atoms with Crippen LogP contribution in [-0.2, 0) is 0 Å². The fraction of sp³-hybridized carbons (Fsp3) is 0.667. The lowest BCUT2D eigenvalue weighted by Crippen LogP contribution is -2.14. The number of aromatic nitrogens is 1. The van der Waals surface area contributed by atoms with E-state index in [4.69, 9.17) is 11.6 Å². The predicted octanol–water partition coefficient (Wildman–Crippen LogP) is 4.37. The lowest BCUT2D eigenvalue weighted by atomic mass is 10.1. The van der Waals surface area contributed by atoms with Crippen LogP contribution in [0.1, 0.15) is 54.0 Å². The van der Waals surface area contributed by atoms with Gasteiger partial charge in [0.05, 0.1) is 5.38 Å². The molecule has 1 aromatic rings. The van der Waals surface area contributed by atoms with Crippen LogP contribution in [0.4, 0.5) is 0 Å². The highest BCUT2D eigenvalue weighted by Crippen LogP contribution is 2.38. The third-order valence-corrected chi connectivity index (χ3v) is 5.46. The zero-order valence-corrected chi connectivity index (χ0v) is 13.6. The summed E-state index contributed by atoms with van der Waals surface area (Å²) < 4.78 is 2.35. The Morgan fingerprint density at radius 2 is 2.16 bits per heavy atom. The third kappa shape index (κ3) is 2.87. The van der Waals surface area contributed by atoms with Crippen molar-refractivity contribution in [1.29, 1.82) is 0 Å². The fourth-order valence-corrected chi connectivity index (χ4v) is 4.07. The molecule has 19 heavy (non-hydrogen) atoms. The minimum Gasteiger partial charge on any atom is -0.345 e. The molecular weight excluding hydrogens is 278 g/mol. The number of nitrogens with zero attached hydrogens (tertiary/aromatic N) is 1. The van der Waals surface area contributed by atoms with Crippen LogP contribution in [-0.4, -0.2) is 27.2 Å². The van der Waals surface area contributed by atoms with Crippen LogP contribution >= 0.6 is 23.4 Å². The molecule has 1 saturated carbocycles. The molecule has 1 heterocycles. The number of carbonyl (C=O) groups excluding carboxylic acids is 1. The molecule has 3 unspecified atom stereocenters. The Morgan fingerprint density at radius 1 is 1.47 bits per heavy atom. The number of ketones is 1. The molecule has 1 aromatic heterocycles. The molecule has 0 bridgehead atoms. The van der Waals surface area contributed by atoms with Gasteiger partial charge in [-0.1, -0.05) is 0 Å². The quantitative estimate of drug-likeness (QED) is 0.608. The average Bonchev–Trinajstić information content (AvgIpc) is 2.93. The molecule has 2 nitrogen and oxygen atoms in total. The second-order valence-electron chi connectivity index (χ2n) is 5.46. The molecule has 3 atom stereocenters. The van der Waals surface area contributed by atoms with E-state index in [2.05, 4.69) is 17.7 Å². The van der Waals surface area contributed by atoms with Crippen LogP contribution < -0.4 is 0 Å². The van der Waals surface area contributed by atoms with Gasteiger partial charge in [0, 0.05) is 28.2 Å². The van der Waals surface area contributed by atoms with Crippen LogP contribution in [0.15, 0.2) is 6.07 Å². The number of alkyl halides is 1. The number of rotatable bonds is 4. The van der Waals surface area contributed by atoms with Gasteiger partial charge in [0.1, 0.15) is 0 Å². The monoisotopic (exact) mass is 299 g/mol. The van der Waals surface area contributed by atoms with E-state index < -0.39 is 5.38 Å². The lowest BCUT2D eigenvalue weighted by Gasteiger charge is -2.18. The first-order valence-electron chi connectivity index (χ1n) is 6.85. The van der Waals surface area contributed by atoms with Crippen molar-refractivity contribution in [3.8, 4) is 0 Å². The van der Waals surface area contributed by atoms with Gasteiger partial charge < -0.3 is 4.57 Å². The summed E-state index contributed by atoms with van der Waals surface area (Å²) in [5.74, 6) is 0.0421. The molecule has 1 fully saturated rings. The minimum atomic E-state index is -0.448. The summed E-state index contributed by atoms with van der Waals surface area (Å²) in [6.07, 6.45) is 5.89. The predicted molar refractivity (Wildman–Crippen MR) is 83.7 cm³/mol. The number of hydrogen-bond acceptors (Lipinski definition) is 2. The average molecular weight is 300 g/mol. The van der Waals surface area contributed by atoms with Crippen LogP contribution in [0.2, 0.25) is 0 Å². The van der Waals surface area contributed by atoms with E-state index in [-0.39, 0.29) is 5.78 Å². The SMILES string of the molecule is CSC1CCC(n2c(C)cc(C(=O)C(C)Cl)c2C)C1. The van der Waals surface area contributed by atoms with E-state index in [1.54, 1.807) is 6.92 Å². The first-order valence-corrected chi connectivity index (χ1v) is 8.57. The Morgan fingerprint density at radius 3 is 2.68 bits per heavy atom. The summed E-state index contributed by atoms with van der Waals surface area (Å²) in [6.45, 7) is 5.89. The highest BCUT2D eigenvalue weighted by atomic mass is 35.5. The fourth-order valence-electron chi connectivity index (χ4n) is 3.17. The Kier molecular flexibility index (Phi) is 4.67. The molecule has 2 rings (SSSR count). The molecule has 1 aliphatic carbocycles. The number of aryl methyl sites for hydroxylation is 1. The molecule has 106 valence electrons. The second-order valence-corrected chi connectivity index (χ2v) is 7.25. The zero-order valence-electron chi connectivity index (χ0n) is 12.1. The van der Waals surface area contributed by atoms with Gasteiger partial charge in [-0.3, -0.25) is 4.79 Å². The van der Waals surface area contributed by atoms with Crippen LogP contribution in [0.3, 0.4) is 0 Å². The van der Waals surface area contributed by atoms with Crippen molar-refractivity contribution >= 4 is 29.1 Å². The molecular formula is C15H22ClNOS. The van der Waals surface area contributed by atoms with E-state index in [0.29, 0.717) is 6.04 Å². The second kappa shape index (κ2) is 5.92. The van der Waals surface area contributed by atoms with Crippen LogP contribution in [0.5, 0.6) is 0 Å². The molecule has 0 N–H and O–H groups in total. The number of halogens is 1. The van der Waals surface area contributed by atoms with Crippen molar-refractivity contribution in [3.05, 3.63) is 23.0 Å². The van der Waals surface area contributed by atoms with E-state index in [1.165, 1.54) is 25.0 Å². The largest absolute Gasteiger partial charge is 0.345 e. The van der Waals surface area contributed by atoms with Crippen molar-refractivity contribution in [3.63, 3.8) is 0 Å². The summed E-state index contributed by atoms with van der Waals surface area (Å²) in [4.78, 5) is 12.1. The number of thioether (sulfide) groups is 1. The van der Waals surface area contributed by atoms with E-state index in [0.717, 1.165) is 16.5 Å². The van der Waals surface area contributed by atoms with Crippen molar-refractivity contribution < 1.29 is 4.79 Å². The lowest BCUT2D eigenvalue weighted by molar-refractivity contribution is 0.0991. The van der Waals surface area contributed by atoms with Gasteiger partial charge in [-0.05, 0) is 52.4 Å². The summed E-state index contributed by atoms with van der Waals surface area (Å²) >= 11 is 7.90. The molecule has 0 aliphatic heterocycles. The van der Waals surface area contributed by atoms with E-state index in [9.17, 15) is 4.79 Å². The molecule has 0 saturated heterocycles. The number of Topliss-reactive ketones (excluding diaryl/α,β-unsaturated/α-hetero) is 1. The standard InChI is InChI=1S/C15H22ClNOS/c1-9-7-14(15(18)10(2)16)11(3)17(9)12-5-6-13(8-12)19-4/h7,10,12-13H,5-6,8H2,1-4H3. The van der Waals surface area contributed by atoms with Gasteiger partial charge in [0.15, 0.2) is 5.78 Å². The van der Waals surface area contributed by atoms with Gasteiger partial charge in [-0.2, -0.15) is 11.8 Å². The molecule has 0 spiro atoms. The van der Waals surface area contributed by atoms with Gasteiger partial charge in [-0.25, -0.2) is 0 Å². The topological polar surface area (TPSA) is 22.0 Å². The first kappa shape index (κ1) is 15.0. The first-order chi connectivity index (χ1) is 8.95. The van der Waals surface area contributed by atoms with E-state index >= 15 is 0 Å². The Hall–Kier alpha value is -0.410. The van der Waals surface area contributed by atoms with Gasteiger partial charge in [0.2, 0.25) is 0 Å². The molecule has 4 heteroatoms. The van der Waals surface area contributed by atoms with Crippen molar-refractivity contribution in [2.24, 2.45) is 0 Å². The van der Waals surface area contributed by atoms with Crippen LogP contribution in [0.25, 0.3) is 0 Å². The van der Waals surface area contributed by atoms with Gasteiger partial charge in [-0.15, -0.1) is 11.6 Å². The summed E-state index contributed by atoms with van der Waals surface area (Å²) in [5.41, 5.74) is 3.07. The highest BCUT2D eigenvalue weighted by molar-refractivity contribution is 7.99. The number of carbonyl (C=O) groups is 1. The van der Waals surface area contributed by atoms with Gasteiger partial charge in [0.25, 0.3) is 0 Å². The summed E-state index contributed by atoms with van der Waals surface area (Å²) in [6, 6.07) is 2.55. The normalized spacial score (nSPS) is 24.7. The minimum absolute atomic E-state index is 0.0421. The van der Waals surface area contributed by atoms with Crippen LogP contribution in [0, 0.1) is 13.8 Å². The Labute approximate surface area is 124 Å².